The monoisotopic (exact) mass is 298 g/mol. The second-order valence-electron chi connectivity index (χ2n) is 5.57. The minimum absolute atomic E-state index is 0.476. The van der Waals surface area contributed by atoms with Gasteiger partial charge >= 0.3 is 0 Å². The van der Waals surface area contributed by atoms with E-state index in [1.54, 1.807) is 0 Å². The maximum absolute atomic E-state index is 4.68. The summed E-state index contributed by atoms with van der Waals surface area (Å²) in [6.07, 6.45) is 5.64. The van der Waals surface area contributed by atoms with Crippen LogP contribution in [0.25, 0.3) is 0 Å². The Morgan fingerprint density at radius 2 is 2.10 bits per heavy atom. The van der Waals surface area contributed by atoms with E-state index in [2.05, 4.69) is 59.8 Å². The number of thioether (sulfide) groups is 1. The molecule has 0 radical (unpaired) electrons. The summed E-state index contributed by atoms with van der Waals surface area (Å²) in [7, 11) is 2.08. The lowest BCUT2D eigenvalue weighted by atomic mass is 9.82. The Kier molecular flexibility index (Phi) is 4.94. The largest absolute Gasteiger partial charge is 0.315 e. The van der Waals surface area contributed by atoms with Crippen LogP contribution in [0.2, 0.25) is 0 Å². The average molecular weight is 298 g/mol. The Labute approximate surface area is 131 Å². The topological polar surface area (TPSA) is 24.9 Å². The summed E-state index contributed by atoms with van der Waals surface area (Å²) in [5.74, 6) is 1.62. The van der Waals surface area contributed by atoms with E-state index >= 15 is 0 Å². The first kappa shape index (κ1) is 14.6. The van der Waals surface area contributed by atoms with Crippen LogP contribution in [0.15, 0.2) is 53.6 Å². The molecule has 2 aromatic rings. The van der Waals surface area contributed by atoms with E-state index < -0.39 is 0 Å². The highest BCUT2D eigenvalue weighted by Gasteiger charge is 2.28. The van der Waals surface area contributed by atoms with Crippen molar-refractivity contribution in [2.45, 2.75) is 36.1 Å². The predicted molar refractivity (Wildman–Crippen MR) is 89.9 cm³/mol. The highest BCUT2D eigenvalue weighted by Crippen LogP contribution is 2.34. The molecule has 1 aliphatic rings. The Morgan fingerprint density at radius 1 is 1.24 bits per heavy atom. The third kappa shape index (κ3) is 3.47. The van der Waals surface area contributed by atoms with Crippen molar-refractivity contribution in [1.29, 1.82) is 0 Å². The van der Waals surface area contributed by atoms with Gasteiger partial charge in [-0.05, 0) is 50.1 Å². The summed E-state index contributed by atoms with van der Waals surface area (Å²) < 4.78 is 0. The number of pyridine rings is 1. The van der Waals surface area contributed by atoms with Crippen molar-refractivity contribution >= 4 is 11.8 Å². The molecule has 0 saturated carbocycles. The molecule has 1 heterocycles. The van der Waals surface area contributed by atoms with Crippen molar-refractivity contribution in [2.24, 2.45) is 0 Å². The highest BCUT2D eigenvalue weighted by atomic mass is 32.2. The summed E-state index contributed by atoms with van der Waals surface area (Å²) in [5.41, 5.74) is 2.76. The predicted octanol–water partition coefficient (Wildman–Crippen LogP) is 3.88. The number of fused-ring (bicyclic) bond motifs is 1. The first-order chi connectivity index (χ1) is 10.4. The molecule has 0 spiro atoms. The van der Waals surface area contributed by atoms with Gasteiger partial charge in [-0.2, -0.15) is 0 Å². The van der Waals surface area contributed by atoms with Gasteiger partial charge in [-0.25, -0.2) is 0 Å². The van der Waals surface area contributed by atoms with E-state index in [9.17, 15) is 0 Å². The third-order valence-electron chi connectivity index (χ3n) is 4.27. The molecule has 0 bridgehead atoms. The molecular formula is C18H22N2S. The normalized spacial score (nSPS) is 19.0. The molecule has 0 amide bonds. The van der Waals surface area contributed by atoms with Gasteiger partial charge in [-0.3, -0.25) is 4.98 Å². The molecule has 2 unspecified atom stereocenters. The Hall–Kier alpha value is -1.32. The van der Waals surface area contributed by atoms with Crippen molar-refractivity contribution in [3.63, 3.8) is 0 Å². The Morgan fingerprint density at radius 3 is 2.90 bits per heavy atom. The summed E-state index contributed by atoms with van der Waals surface area (Å²) in [6, 6.07) is 15.4. The number of aromatic nitrogens is 1. The van der Waals surface area contributed by atoms with E-state index in [-0.39, 0.29) is 0 Å². The number of hydrogen-bond acceptors (Lipinski definition) is 3. The molecule has 0 saturated heterocycles. The second kappa shape index (κ2) is 7.10. The maximum atomic E-state index is 4.68. The van der Waals surface area contributed by atoms with Crippen LogP contribution in [0.5, 0.6) is 0 Å². The van der Waals surface area contributed by atoms with Crippen LogP contribution in [-0.4, -0.2) is 23.8 Å². The van der Waals surface area contributed by atoms with Gasteiger partial charge in [0.1, 0.15) is 0 Å². The van der Waals surface area contributed by atoms with E-state index in [0.717, 1.165) is 5.75 Å². The van der Waals surface area contributed by atoms with Gasteiger partial charge in [0.25, 0.3) is 0 Å². The fourth-order valence-electron chi connectivity index (χ4n) is 3.14. The molecule has 3 rings (SSSR count). The molecule has 3 heteroatoms. The van der Waals surface area contributed by atoms with Crippen LogP contribution >= 0.6 is 11.8 Å². The van der Waals surface area contributed by atoms with Crippen LogP contribution < -0.4 is 5.32 Å². The lowest BCUT2D eigenvalue weighted by molar-refractivity contribution is 0.433. The van der Waals surface area contributed by atoms with Gasteiger partial charge in [0.2, 0.25) is 0 Å². The maximum Gasteiger partial charge on any atom is 0.0482 e. The standard InChI is InChI=1S/C18H22N2S/c1-19-17(13-21-15-9-3-2-4-10-15)16-11-5-7-14-8-6-12-20-18(14)16/h2-4,6,8-10,12,16-17,19H,5,7,11,13H2,1H3. The molecule has 110 valence electrons. The fourth-order valence-corrected chi connectivity index (χ4v) is 4.26. The lowest BCUT2D eigenvalue weighted by Gasteiger charge is -2.31. The van der Waals surface area contributed by atoms with Crippen molar-refractivity contribution in [3.05, 3.63) is 59.9 Å². The van der Waals surface area contributed by atoms with Crippen molar-refractivity contribution < 1.29 is 0 Å². The quantitative estimate of drug-likeness (QED) is 0.848. The van der Waals surface area contributed by atoms with Gasteiger partial charge in [-0.15, -0.1) is 11.8 Å². The summed E-state index contributed by atoms with van der Waals surface area (Å²) >= 11 is 1.93. The zero-order chi connectivity index (χ0) is 14.5. The summed E-state index contributed by atoms with van der Waals surface area (Å²) in [6.45, 7) is 0. The second-order valence-corrected chi connectivity index (χ2v) is 6.66. The molecule has 0 fully saturated rings. The highest BCUT2D eigenvalue weighted by molar-refractivity contribution is 7.99. The number of hydrogen-bond donors (Lipinski definition) is 1. The smallest absolute Gasteiger partial charge is 0.0482 e. The minimum atomic E-state index is 0.476. The number of benzene rings is 1. The van der Waals surface area contributed by atoms with Gasteiger partial charge in [-0.1, -0.05) is 24.3 Å². The number of nitrogens with zero attached hydrogens (tertiary/aromatic N) is 1. The first-order valence-electron chi connectivity index (χ1n) is 7.67. The van der Waals surface area contributed by atoms with E-state index in [1.807, 2.05) is 18.0 Å². The zero-order valence-corrected chi connectivity index (χ0v) is 13.3. The van der Waals surface area contributed by atoms with Crippen LogP contribution in [0.4, 0.5) is 0 Å². The third-order valence-corrected chi connectivity index (χ3v) is 5.40. The van der Waals surface area contributed by atoms with Gasteiger partial charge < -0.3 is 5.32 Å². The summed E-state index contributed by atoms with van der Waals surface area (Å²) in [4.78, 5) is 6.02. The Balaban J connectivity index is 1.72. The molecule has 1 N–H and O–H groups in total. The zero-order valence-electron chi connectivity index (χ0n) is 12.5. The number of likely N-dealkylation sites (N-methyl/N-ethyl adjacent to an activating group) is 1. The summed E-state index contributed by atoms with van der Waals surface area (Å²) in [5, 5.41) is 3.52. The van der Waals surface area contributed by atoms with Gasteiger partial charge in [0.05, 0.1) is 0 Å². The van der Waals surface area contributed by atoms with Crippen LogP contribution in [0.3, 0.4) is 0 Å². The molecular weight excluding hydrogens is 276 g/mol. The number of nitrogens with one attached hydrogen (secondary N) is 1. The molecule has 0 aliphatic heterocycles. The lowest BCUT2D eigenvalue weighted by Crippen LogP contribution is -2.36. The minimum Gasteiger partial charge on any atom is -0.315 e. The van der Waals surface area contributed by atoms with Crippen LogP contribution in [-0.2, 0) is 6.42 Å². The number of aryl methyl sites for hydroxylation is 1. The van der Waals surface area contributed by atoms with E-state index in [1.165, 1.54) is 35.4 Å². The van der Waals surface area contributed by atoms with E-state index in [4.69, 9.17) is 0 Å². The fraction of sp³-hybridized carbons (Fsp3) is 0.389. The SMILES string of the molecule is CNC(CSc1ccccc1)C1CCCc2cccnc21. The molecule has 21 heavy (non-hydrogen) atoms. The number of rotatable bonds is 5. The van der Waals surface area contributed by atoms with E-state index in [0.29, 0.717) is 12.0 Å². The van der Waals surface area contributed by atoms with Crippen molar-refractivity contribution in [1.82, 2.24) is 10.3 Å². The first-order valence-corrected chi connectivity index (χ1v) is 8.66. The van der Waals surface area contributed by atoms with Crippen LogP contribution in [0, 0.1) is 0 Å². The van der Waals surface area contributed by atoms with Crippen molar-refractivity contribution in [3.8, 4) is 0 Å². The van der Waals surface area contributed by atoms with Crippen LogP contribution in [0.1, 0.15) is 30.0 Å². The molecule has 1 aromatic heterocycles. The van der Waals surface area contributed by atoms with Crippen molar-refractivity contribution in [2.75, 3.05) is 12.8 Å². The van der Waals surface area contributed by atoms with Gasteiger partial charge in [0, 0.05) is 34.5 Å². The molecule has 1 aromatic carbocycles. The average Bonchev–Trinajstić information content (AvgIpc) is 2.56. The molecule has 2 atom stereocenters. The molecule has 2 nitrogen and oxygen atoms in total. The van der Waals surface area contributed by atoms with Gasteiger partial charge in [0.15, 0.2) is 0 Å². The molecule has 1 aliphatic carbocycles. The Bertz CT molecular complexity index is 570.